The summed E-state index contributed by atoms with van der Waals surface area (Å²) in [4.78, 5) is 15.8. The largest absolute Gasteiger partial charge is 0.347 e. The van der Waals surface area contributed by atoms with E-state index in [-0.39, 0.29) is 25.3 Å². The molecule has 0 saturated heterocycles. The number of nitrogens with one attached hydrogen (secondary N) is 1. The third-order valence-corrected chi connectivity index (χ3v) is 3.40. The van der Waals surface area contributed by atoms with Crippen LogP contribution in [0.1, 0.15) is 23.7 Å². The number of rotatable bonds is 7. The van der Waals surface area contributed by atoms with E-state index in [0.29, 0.717) is 23.0 Å². The van der Waals surface area contributed by atoms with E-state index in [0.717, 1.165) is 6.07 Å². The van der Waals surface area contributed by atoms with Gasteiger partial charge in [0.25, 0.3) is 0 Å². The van der Waals surface area contributed by atoms with Crippen LogP contribution in [0.5, 0.6) is 0 Å². The molecule has 1 amide bonds. The molecule has 1 heterocycles. The lowest BCUT2D eigenvalue weighted by Crippen LogP contribution is -2.23. The number of hydrogen-bond donors (Lipinski definition) is 1. The molecule has 0 spiro atoms. The smallest absolute Gasteiger partial charge is 0.246 e. The summed E-state index contributed by atoms with van der Waals surface area (Å²) in [7, 11) is 0. The highest BCUT2D eigenvalue weighted by Crippen LogP contribution is 2.11. The lowest BCUT2D eigenvalue weighted by atomic mass is 10.1. The van der Waals surface area contributed by atoms with Gasteiger partial charge in [0.1, 0.15) is 11.6 Å². The molecule has 118 valence electrons. The van der Waals surface area contributed by atoms with Crippen LogP contribution < -0.4 is 5.32 Å². The fraction of sp³-hybridized carbons (Fsp3) is 0.357. The van der Waals surface area contributed by atoms with E-state index in [1.54, 1.807) is 11.8 Å². The monoisotopic (exact) mass is 327 g/mol. The second-order valence-electron chi connectivity index (χ2n) is 4.55. The number of aryl methyl sites for hydroxylation is 1. The lowest BCUT2D eigenvalue weighted by molar-refractivity contribution is -0.121. The molecule has 0 radical (unpaired) electrons. The van der Waals surface area contributed by atoms with Gasteiger partial charge < -0.3 is 9.84 Å². The zero-order valence-electron chi connectivity index (χ0n) is 11.9. The van der Waals surface area contributed by atoms with Gasteiger partial charge in [0.2, 0.25) is 11.8 Å². The number of carbonyl (C=O) groups is 1. The van der Waals surface area contributed by atoms with Crippen LogP contribution in [-0.2, 0) is 23.5 Å². The third kappa shape index (κ3) is 4.80. The second-order valence-corrected chi connectivity index (χ2v) is 5.42. The van der Waals surface area contributed by atoms with Gasteiger partial charge in [-0.25, -0.2) is 8.78 Å². The van der Waals surface area contributed by atoms with E-state index in [1.807, 2.05) is 6.26 Å². The van der Waals surface area contributed by atoms with E-state index < -0.39 is 11.6 Å². The van der Waals surface area contributed by atoms with Gasteiger partial charge in [-0.3, -0.25) is 4.79 Å². The maximum Gasteiger partial charge on any atom is 0.246 e. The fourth-order valence-corrected chi connectivity index (χ4v) is 2.16. The molecule has 2 rings (SSSR count). The van der Waals surface area contributed by atoms with Gasteiger partial charge in [-0.2, -0.15) is 16.7 Å². The zero-order chi connectivity index (χ0) is 15.9. The Labute approximate surface area is 130 Å². The summed E-state index contributed by atoms with van der Waals surface area (Å²) >= 11 is 1.57. The number of aromatic nitrogens is 2. The van der Waals surface area contributed by atoms with Crippen molar-refractivity contribution in [3.05, 3.63) is 47.1 Å². The molecule has 1 aromatic heterocycles. The maximum atomic E-state index is 13.4. The van der Waals surface area contributed by atoms with Gasteiger partial charge in [-0.1, -0.05) is 11.2 Å². The molecule has 0 saturated carbocycles. The summed E-state index contributed by atoms with van der Waals surface area (Å²) in [5, 5.41) is 6.37. The predicted octanol–water partition coefficient (Wildman–Crippen LogP) is 2.46. The third-order valence-electron chi connectivity index (χ3n) is 2.86. The van der Waals surface area contributed by atoms with Gasteiger partial charge >= 0.3 is 0 Å². The van der Waals surface area contributed by atoms with E-state index >= 15 is 0 Å². The quantitative estimate of drug-likeness (QED) is 0.846. The van der Waals surface area contributed by atoms with Crippen LogP contribution in [0.3, 0.4) is 0 Å². The van der Waals surface area contributed by atoms with Crippen molar-refractivity contribution in [2.45, 2.75) is 25.1 Å². The molecule has 0 atom stereocenters. The van der Waals surface area contributed by atoms with Crippen molar-refractivity contribution in [1.82, 2.24) is 15.5 Å². The summed E-state index contributed by atoms with van der Waals surface area (Å²) in [6, 6.07) is 3.31. The average molecular weight is 327 g/mol. The first-order valence-electron chi connectivity index (χ1n) is 6.59. The highest BCUT2D eigenvalue weighted by molar-refractivity contribution is 7.97. The minimum atomic E-state index is -0.647. The minimum Gasteiger partial charge on any atom is -0.347 e. The topological polar surface area (TPSA) is 68.0 Å². The van der Waals surface area contributed by atoms with E-state index in [9.17, 15) is 13.6 Å². The van der Waals surface area contributed by atoms with Crippen molar-refractivity contribution in [1.29, 1.82) is 0 Å². The Bertz CT molecular complexity index is 649. The Morgan fingerprint density at radius 2 is 2.23 bits per heavy atom. The van der Waals surface area contributed by atoms with Crippen LogP contribution in [0, 0.1) is 11.6 Å². The number of hydrogen-bond acceptors (Lipinski definition) is 5. The van der Waals surface area contributed by atoms with Gasteiger partial charge in [0.05, 0.1) is 12.3 Å². The zero-order valence-corrected chi connectivity index (χ0v) is 12.8. The standard InChI is InChI=1S/C14H15F2N3O2S/c1-22-8-12-18-14(21-19-12)7-17-13(20)5-3-9-2-4-10(15)6-11(9)16/h2,4,6H,3,5,7-8H2,1H3,(H,17,20). The van der Waals surface area contributed by atoms with Crippen molar-refractivity contribution in [3.63, 3.8) is 0 Å². The molecule has 1 aromatic carbocycles. The van der Waals surface area contributed by atoms with E-state index in [1.165, 1.54) is 12.1 Å². The van der Waals surface area contributed by atoms with Crippen LogP contribution >= 0.6 is 11.8 Å². The van der Waals surface area contributed by atoms with Crippen LogP contribution in [0.2, 0.25) is 0 Å². The Kier molecular flexibility index (Phi) is 5.88. The summed E-state index contributed by atoms with van der Waals surface area (Å²) in [6.45, 7) is 0.131. The first-order chi connectivity index (χ1) is 10.6. The fourth-order valence-electron chi connectivity index (χ4n) is 1.78. The Hall–Kier alpha value is -1.96. The van der Waals surface area contributed by atoms with Crippen molar-refractivity contribution in [3.8, 4) is 0 Å². The molecule has 0 fully saturated rings. The lowest BCUT2D eigenvalue weighted by Gasteiger charge is -2.04. The van der Waals surface area contributed by atoms with Crippen LogP contribution in [0.4, 0.5) is 8.78 Å². The summed E-state index contributed by atoms with van der Waals surface area (Å²) in [6.07, 6.45) is 2.21. The van der Waals surface area contributed by atoms with Gasteiger partial charge in [-0.05, 0) is 24.3 Å². The van der Waals surface area contributed by atoms with Crippen molar-refractivity contribution < 1.29 is 18.1 Å². The van der Waals surface area contributed by atoms with E-state index in [4.69, 9.17) is 4.52 Å². The number of amides is 1. The molecule has 8 heteroatoms. The minimum absolute atomic E-state index is 0.0916. The Balaban J connectivity index is 1.77. The number of carbonyl (C=O) groups excluding carboxylic acids is 1. The molecular formula is C14H15F2N3O2S. The normalized spacial score (nSPS) is 10.7. The Morgan fingerprint density at radius 1 is 1.41 bits per heavy atom. The molecule has 0 unspecified atom stereocenters. The summed E-state index contributed by atoms with van der Waals surface area (Å²) < 4.78 is 31.2. The molecule has 0 aliphatic carbocycles. The molecule has 1 N–H and O–H groups in total. The van der Waals surface area contributed by atoms with Crippen LogP contribution in [0.15, 0.2) is 22.7 Å². The van der Waals surface area contributed by atoms with Gasteiger partial charge in [0, 0.05) is 12.5 Å². The molecular weight excluding hydrogens is 312 g/mol. The predicted molar refractivity (Wildman–Crippen MR) is 78.0 cm³/mol. The second kappa shape index (κ2) is 7.88. The molecule has 22 heavy (non-hydrogen) atoms. The maximum absolute atomic E-state index is 13.4. The average Bonchev–Trinajstić information content (AvgIpc) is 2.92. The molecule has 2 aromatic rings. The number of thioether (sulfide) groups is 1. The number of benzene rings is 1. The number of halogens is 2. The first-order valence-corrected chi connectivity index (χ1v) is 7.99. The number of nitrogens with zero attached hydrogens (tertiary/aromatic N) is 2. The van der Waals surface area contributed by atoms with Gasteiger partial charge in [-0.15, -0.1) is 0 Å². The van der Waals surface area contributed by atoms with Gasteiger partial charge in [0.15, 0.2) is 5.82 Å². The molecule has 0 bridgehead atoms. The SMILES string of the molecule is CSCc1noc(CNC(=O)CCc2ccc(F)cc2F)n1. The van der Waals surface area contributed by atoms with Crippen LogP contribution in [-0.4, -0.2) is 22.3 Å². The highest BCUT2D eigenvalue weighted by Gasteiger charge is 2.10. The van der Waals surface area contributed by atoms with E-state index in [2.05, 4.69) is 15.5 Å². The molecule has 5 nitrogen and oxygen atoms in total. The highest BCUT2D eigenvalue weighted by atomic mass is 32.2. The Morgan fingerprint density at radius 3 is 2.95 bits per heavy atom. The summed E-state index contributed by atoms with van der Waals surface area (Å²) in [5.41, 5.74) is 0.302. The summed E-state index contributed by atoms with van der Waals surface area (Å²) in [5.74, 6) is -0.0141. The van der Waals surface area contributed by atoms with Crippen molar-refractivity contribution in [2.24, 2.45) is 0 Å². The molecule has 0 aliphatic heterocycles. The first kappa shape index (κ1) is 16.4. The molecule has 0 aliphatic rings. The van der Waals surface area contributed by atoms with Crippen LogP contribution in [0.25, 0.3) is 0 Å². The van der Waals surface area contributed by atoms with Crippen molar-refractivity contribution >= 4 is 17.7 Å². The van der Waals surface area contributed by atoms with Crippen molar-refractivity contribution in [2.75, 3.05) is 6.26 Å².